The fraction of sp³-hybridized carbons (Fsp3) is 0.167. The maximum absolute atomic E-state index is 5.84. The Kier molecular flexibility index (Phi) is 3.44. The average molecular weight is 249 g/mol. The van der Waals surface area contributed by atoms with Crippen LogP contribution < -0.4 is 10.6 Å². The van der Waals surface area contributed by atoms with Crippen molar-refractivity contribution >= 4 is 23.4 Å². The van der Waals surface area contributed by atoms with Crippen LogP contribution in [0.5, 0.6) is 0 Å². The molecule has 0 unspecified atom stereocenters. The minimum Gasteiger partial charge on any atom is -0.368 e. The Morgan fingerprint density at radius 3 is 2.59 bits per heavy atom. The first-order chi connectivity index (χ1) is 8.15. The zero-order valence-electron chi connectivity index (χ0n) is 9.47. The van der Waals surface area contributed by atoms with E-state index in [1.165, 1.54) is 0 Å². The van der Waals surface area contributed by atoms with Gasteiger partial charge in [0.05, 0.1) is 0 Å². The van der Waals surface area contributed by atoms with Gasteiger partial charge in [0, 0.05) is 24.8 Å². The quantitative estimate of drug-likeness (QED) is 0.906. The van der Waals surface area contributed by atoms with E-state index in [9.17, 15) is 0 Å². The van der Waals surface area contributed by atoms with E-state index in [-0.39, 0.29) is 5.95 Å². The second kappa shape index (κ2) is 5.01. The van der Waals surface area contributed by atoms with Crippen LogP contribution in [0.25, 0.3) is 0 Å². The molecule has 0 aliphatic rings. The van der Waals surface area contributed by atoms with Crippen molar-refractivity contribution in [1.82, 2.24) is 9.97 Å². The van der Waals surface area contributed by atoms with Crippen LogP contribution in [0.2, 0.25) is 5.02 Å². The predicted octanol–water partition coefficient (Wildman–Crippen LogP) is 2.35. The summed E-state index contributed by atoms with van der Waals surface area (Å²) >= 11 is 5.84. The SMILES string of the molecule is CN(Cc1ccc(Cl)cc1)c1ccnc(N)n1. The molecule has 0 aliphatic heterocycles. The highest BCUT2D eigenvalue weighted by atomic mass is 35.5. The number of nitrogen functional groups attached to an aromatic ring is 1. The highest BCUT2D eigenvalue weighted by molar-refractivity contribution is 6.30. The van der Waals surface area contributed by atoms with Gasteiger partial charge in [0.15, 0.2) is 0 Å². The second-order valence-corrected chi connectivity index (χ2v) is 4.19. The Bertz CT molecular complexity index is 498. The standard InChI is InChI=1S/C12H13ClN4/c1-17(11-6-7-15-12(14)16-11)8-9-2-4-10(13)5-3-9/h2-7H,8H2,1H3,(H2,14,15,16). The largest absolute Gasteiger partial charge is 0.368 e. The fourth-order valence-electron chi connectivity index (χ4n) is 1.52. The molecular weight excluding hydrogens is 236 g/mol. The second-order valence-electron chi connectivity index (χ2n) is 3.76. The molecular formula is C12H13ClN4. The van der Waals surface area contributed by atoms with Gasteiger partial charge in [0.2, 0.25) is 5.95 Å². The third-order valence-electron chi connectivity index (χ3n) is 2.38. The number of aromatic nitrogens is 2. The molecule has 1 aromatic heterocycles. The van der Waals surface area contributed by atoms with Gasteiger partial charge < -0.3 is 10.6 Å². The monoisotopic (exact) mass is 248 g/mol. The lowest BCUT2D eigenvalue weighted by Gasteiger charge is -2.18. The van der Waals surface area contributed by atoms with E-state index in [0.29, 0.717) is 0 Å². The molecule has 0 fully saturated rings. The third kappa shape index (κ3) is 3.07. The van der Waals surface area contributed by atoms with Gasteiger partial charge >= 0.3 is 0 Å². The number of nitrogens with two attached hydrogens (primary N) is 1. The van der Waals surface area contributed by atoms with Crippen molar-refractivity contribution in [3.63, 3.8) is 0 Å². The molecule has 2 rings (SSSR count). The summed E-state index contributed by atoms with van der Waals surface area (Å²) < 4.78 is 0. The van der Waals surface area contributed by atoms with Gasteiger partial charge in [-0.05, 0) is 23.8 Å². The molecule has 0 bridgehead atoms. The maximum Gasteiger partial charge on any atom is 0.221 e. The minimum absolute atomic E-state index is 0.283. The van der Waals surface area contributed by atoms with Crippen LogP contribution in [0.3, 0.4) is 0 Å². The molecule has 2 N–H and O–H groups in total. The normalized spacial score (nSPS) is 10.2. The van der Waals surface area contributed by atoms with Crippen LogP contribution in [0.15, 0.2) is 36.5 Å². The molecule has 0 saturated heterocycles. The van der Waals surface area contributed by atoms with Crippen LogP contribution in [0.4, 0.5) is 11.8 Å². The summed E-state index contributed by atoms with van der Waals surface area (Å²) in [7, 11) is 1.95. The number of rotatable bonds is 3. The van der Waals surface area contributed by atoms with Gasteiger partial charge in [-0.2, -0.15) is 4.98 Å². The van der Waals surface area contributed by atoms with E-state index in [0.717, 1.165) is 22.9 Å². The summed E-state index contributed by atoms with van der Waals surface area (Å²) in [5, 5.41) is 0.739. The molecule has 0 atom stereocenters. The minimum atomic E-state index is 0.283. The Morgan fingerprint density at radius 1 is 1.24 bits per heavy atom. The van der Waals surface area contributed by atoms with E-state index < -0.39 is 0 Å². The number of anilines is 2. The highest BCUT2D eigenvalue weighted by Crippen LogP contribution is 2.15. The summed E-state index contributed by atoms with van der Waals surface area (Å²) in [6.45, 7) is 0.744. The summed E-state index contributed by atoms with van der Waals surface area (Å²) in [6, 6.07) is 9.55. The lowest BCUT2D eigenvalue weighted by atomic mass is 10.2. The van der Waals surface area contributed by atoms with E-state index in [1.54, 1.807) is 6.20 Å². The highest BCUT2D eigenvalue weighted by Gasteiger charge is 2.04. The molecule has 5 heteroatoms. The van der Waals surface area contributed by atoms with E-state index in [2.05, 4.69) is 9.97 Å². The molecule has 0 aliphatic carbocycles. The molecule has 0 radical (unpaired) electrons. The molecule has 17 heavy (non-hydrogen) atoms. The van der Waals surface area contributed by atoms with Gasteiger partial charge in [0.25, 0.3) is 0 Å². The number of nitrogens with zero attached hydrogens (tertiary/aromatic N) is 3. The zero-order valence-corrected chi connectivity index (χ0v) is 10.2. The molecule has 0 saturated carbocycles. The van der Waals surface area contributed by atoms with Crippen molar-refractivity contribution in [3.05, 3.63) is 47.1 Å². The van der Waals surface area contributed by atoms with E-state index in [1.807, 2.05) is 42.3 Å². The van der Waals surface area contributed by atoms with E-state index >= 15 is 0 Å². The Morgan fingerprint density at radius 2 is 1.94 bits per heavy atom. The molecule has 0 spiro atoms. The number of hydrogen-bond acceptors (Lipinski definition) is 4. The van der Waals surface area contributed by atoms with Gasteiger partial charge in [0.1, 0.15) is 5.82 Å². The van der Waals surface area contributed by atoms with Crippen LogP contribution in [0.1, 0.15) is 5.56 Å². The van der Waals surface area contributed by atoms with Crippen LogP contribution in [-0.4, -0.2) is 17.0 Å². The Balaban J connectivity index is 2.11. The maximum atomic E-state index is 5.84. The molecule has 2 aromatic rings. The van der Waals surface area contributed by atoms with Gasteiger partial charge in [-0.1, -0.05) is 23.7 Å². The summed E-state index contributed by atoms with van der Waals surface area (Å²) in [6.07, 6.45) is 1.65. The molecule has 1 heterocycles. The average Bonchev–Trinajstić information content (AvgIpc) is 2.32. The third-order valence-corrected chi connectivity index (χ3v) is 2.64. The van der Waals surface area contributed by atoms with Crippen molar-refractivity contribution < 1.29 is 0 Å². The van der Waals surface area contributed by atoms with Crippen molar-refractivity contribution in [1.29, 1.82) is 0 Å². The van der Waals surface area contributed by atoms with Crippen LogP contribution in [-0.2, 0) is 6.54 Å². The van der Waals surface area contributed by atoms with Crippen LogP contribution in [0, 0.1) is 0 Å². The van der Waals surface area contributed by atoms with Crippen molar-refractivity contribution in [2.45, 2.75) is 6.54 Å². The first-order valence-corrected chi connectivity index (χ1v) is 5.57. The Hall–Kier alpha value is -1.81. The Labute approximate surface area is 105 Å². The first-order valence-electron chi connectivity index (χ1n) is 5.19. The lowest BCUT2D eigenvalue weighted by Crippen LogP contribution is -2.18. The molecule has 88 valence electrons. The first kappa shape index (κ1) is 11.7. The van der Waals surface area contributed by atoms with Gasteiger partial charge in [-0.3, -0.25) is 0 Å². The number of halogens is 1. The topological polar surface area (TPSA) is 55.0 Å². The lowest BCUT2D eigenvalue weighted by molar-refractivity contribution is 0.894. The predicted molar refractivity (Wildman–Crippen MR) is 70.0 cm³/mol. The fourth-order valence-corrected chi connectivity index (χ4v) is 1.65. The zero-order chi connectivity index (χ0) is 12.3. The van der Waals surface area contributed by atoms with Crippen LogP contribution >= 0.6 is 11.6 Å². The summed E-state index contributed by atoms with van der Waals surface area (Å²) in [4.78, 5) is 10.0. The van der Waals surface area contributed by atoms with Crippen molar-refractivity contribution in [2.24, 2.45) is 0 Å². The van der Waals surface area contributed by atoms with Gasteiger partial charge in [-0.15, -0.1) is 0 Å². The van der Waals surface area contributed by atoms with Crippen molar-refractivity contribution in [2.75, 3.05) is 17.7 Å². The van der Waals surface area contributed by atoms with Gasteiger partial charge in [-0.25, -0.2) is 4.98 Å². The van der Waals surface area contributed by atoms with E-state index in [4.69, 9.17) is 17.3 Å². The number of benzene rings is 1. The molecule has 1 aromatic carbocycles. The summed E-state index contributed by atoms with van der Waals surface area (Å²) in [5.74, 6) is 1.08. The molecule has 0 amide bonds. The smallest absolute Gasteiger partial charge is 0.221 e. The summed E-state index contributed by atoms with van der Waals surface area (Å²) in [5.41, 5.74) is 6.70. The van der Waals surface area contributed by atoms with Crippen molar-refractivity contribution in [3.8, 4) is 0 Å². The number of hydrogen-bond donors (Lipinski definition) is 1. The molecule has 4 nitrogen and oxygen atoms in total.